The molecule has 1 amide bonds. The number of hydrogen-bond acceptors (Lipinski definition) is 4. The summed E-state index contributed by atoms with van der Waals surface area (Å²) in [6.07, 6.45) is 1.88. The summed E-state index contributed by atoms with van der Waals surface area (Å²) in [7, 11) is 0. The fraction of sp³-hybridized carbons (Fsp3) is 0.333. The third-order valence-corrected chi connectivity index (χ3v) is 6.32. The number of carbonyl (C=O) groups excluding carboxylic acids is 1. The van der Waals surface area contributed by atoms with Crippen molar-refractivity contribution in [3.05, 3.63) is 61.6 Å². The van der Waals surface area contributed by atoms with Gasteiger partial charge in [-0.25, -0.2) is 4.99 Å². The molecule has 1 aliphatic rings. The van der Waals surface area contributed by atoms with Gasteiger partial charge in [-0.15, -0.1) is 0 Å². The molecule has 3 rings (SSSR count). The maximum Gasteiger partial charge on any atom is 0.264 e. The summed E-state index contributed by atoms with van der Waals surface area (Å²) < 4.78 is 1.09. The Kier molecular flexibility index (Phi) is 6.39. The second kappa shape index (κ2) is 8.38. The van der Waals surface area contributed by atoms with E-state index in [1.165, 1.54) is 11.8 Å². The lowest BCUT2D eigenvalue weighted by molar-refractivity contribution is -0.115. The molecule has 0 spiro atoms. The van der Waals surface area contributed by atoms with Crippen LogP contribution in [0, 0.1) is 3.57 Å². The molecule has 4 nitrogen and oxygen atoms in total. The zero-order chi connectivity index (χ0) is 22.3. The molecule has 0 atom stereocenters. The fourth-order valence-corrected chi connectivity index (χ4v) is 4.55. The number of phenolic OH excluding ortho intramolecular Hbond substituents is 1. The van der Waals surface area contributed by atoms with Gasteiger partial charge in [0.05, 0.1) is 10.6 Å². The van der Waals surface area contributed by atoms with E-state index in [0.717, 1.165) is 25.9 Å². The van der Waals surface area contributed by atoms with E-state index >= 15 is 0 Å². The van der Waals surface area contributed by atoms with Crippen LogP contribution >= 0.6 is 34.4 Å². The summed E-state index contributed by atoms with van der Waals surface area (Å²) in [5, 5.41) is 14.3. The number of rotatable bonds is 2. The van der Waals surface area contributed by atoms with Gasteiger partial charge in [0, 0.05) is 14.7 Å². The van der Waals surface area contributed by atoms with Crippen LogP contribution in [0.15, 0.2) is 46.3 Å². The molecule has 0 radical (unpaired) electrons. The number of thioether (sulfide) groups is 1. The number of nitrogens with one attached hydrogen (secondary N) is 1. The highest BCUT2D eigenvalue weighted by molar-refractivity contribution is 14.1. The second-order valence-corrected chi connectivity index (χ2v) is 11.7. The van der Waals surface area contributed by atoms with E-state index in [1.807, 2.05) is 42.5 Å². The molecule has 2 aromatic rings. The van der Waals surface area contributed by atoms with Gasteiger partial charge in [-0.2, -0.15) is 0 Å². The number of aromatic hydroxyl groups is 1. The van der Waals surface area contributed by atoms with Crippen LogP contribution in [0.25, 0.3) is 6.08 Å². The van der Waals surface area contributed by atoms with E-state index in [0.29, 0.717) is 15.8 Å². The minimum Gasteiger partial charge on any atom is -0.507 e. The van der Waals surface area contributed by atoms with Gasteiger partial charge in [-0.1, -0.05) is 47.6 Å². The molecule has 0 aromatic heterocycles. The number of benzene rings is 2. The SMILES string of the molecule is CC(C)(C)c1cc(/C=C2/SC(=Nc3cccc(I)c3)NC2=O)cc(C(C)(C)C)c1O. The molecule has 1 saturated heterocycles. The van der Waals surface area contributed by atoms with Crippen LogP contribution in [0.2, 0.25) is 0 Å². The summed E-state index contributed by atoms with van der Waals surface area (Å²) in [6.45, 7) is 12.5. The highest BCUT2D eigenvalue weighted by Crippen LogP contribution is 2.40. The number of hydrogen-bond donors (Lipinski definition) is 2. The lowest BCUT2D eigenvalue weighted by atomic mass is 9.78. The van der Waals surface area contributed by atoms with Gasteiger partial charge in [0.25, 0.3) is 5.91 Å². The Morgan fingerprint density at radius 2 is 1.63 bits per heavy atom. The standard InChI is InChI=1S/C24H27IN2O2S/c1-23(2,3)17-10-14(11-18(20(17)28)24(4,5)6)12-19-21(29)27-22(30-19)26-16-9-7-8-15(25)13-16/h7-13,28H,1-6H3,(H,26,27,29)/b19-12+. The number of carbonyl (C=O) groups is 1. The molecule has 0 aliphatic carbocycles. The first kappa shape index (κ1) is 22.9. The van der Waals surface area contributed by atoms with Crippen LogP contribution in [-0.4, -0.2) is 16.2 Å². The number of amides is 1. The van der Waals surface area contributed by atoms with Gasteiger partial charge in [-0.05, 0) is 87.2 Å². The quantitative estimate of drug-likeness (QED) is 0.342. The Bertz CT molecular complexity index is 1020. The Hall–Kier alpha value is -1.80. The fourth-order valence-electron chi connectivity index (χ4n) is 3.18. The Balaban J connectivity index is 2.01. The number of halogens is 1. The molecular formula is C24H27IN2O2S. The minimum atomic E-state index is -0.221. The van der Waals surface area contributed by atoms with Crippen LogP contribution in [-0.2, 0) is 15.6 Å². The van der Waals surface area contributed by atoms with Crippen molar-refractivity contribution < 1.29 is 9.90 Å². The largest absolute Gasteiger partial charge is 0.507 e. The van der Waals surface area contributed by atoms with Crippen molar-refractivity contribution in [3.8, 4) is 5.75 Å². The molecule has 0 unspecified atom stereocenters. The molecule has 30 heavy (non-hydrogen) atoms. The first-order chi connectivity index (χ1) is 13.8. The third-order valence-electron chi connectivity index (χ3n) is 4.74. The summed E-state index contributed by atoms with van der Waals surface area (Å²) >= 11 is 3.57. The monoisotopic (exact) mass is 534 g/mol. The number of aliphatic imine (C=N–C) groups is 1. The average molecular weight is 534 g/mol. The van der Waals surface area contributed by atoms with Crippen LogP contribution in [0.5, 0.6) is 5.75 Å². The molecule has 6 heteroatoms. The Morgan fingerprint density at radius 3 is 2.17 bits per heavy atom. The summed E-state index contributed by atoms with van der Waals surface area (Å²) in [5.74, 6) is 0.175. The van der Waals surface area contributed by atoms with Gasteiger partial charge in [-0.3, -0.25) is 4.79 Å². The Morgan fingerprint density at radius 1 is 1.03 bits per heavy atom. The smallest absolute Gasteiger partial charge is 0.264 e. The van der Waals surface area contributed by atoms with E-state index in [4.69, 9.17) is 0 Å². The predicted molar refractivity (Wildman–Crippen MR) is 135 cm³/mol. The van der Waals surface area contributed by atoms with Gasteiger partial charge in [0.2, 0.25) is 0 Å². The van der Waals surface area contributed by atoms with Gasteiger partial charge >= 0.3 is 0 Å². The molecule has 2 aromatic carbocycles. The molecule has 0 bridgehead atoms. The average Bonchev–Trinajstić information content (AvgIpc) is 2.93. The van der Waals surface area contributed by atoms with Crippen LogP contribution < -0.4 is 5.32 Å². The number of nitrogens with zero attached hydrogens (tertiary/aromatic N) is 1. The van der Waals surface area contributed by atoms with Gasteiger partial charge < -0.3 is 10.4 Å². The molecular weight excluding hydrogens is 507 g/mol. The molecule has 1 fully saturated rings. The van der Waals surface area contributed by atoms with Crippen LogP contribution in [0.3, 0.4) is 0 Å². The molecule has 1 heterocycles. The highest BCUT2D eigenvalue weighted by atomic mass is 127. The van der Waals surface area contributed by atoms with E-state index in [2.05, 4.69) is 74.4 Å². The van der Waals surface area contributed by atoms with Gasteiger partial charge in [0.1, 0.15) is 5.75 Å². The molecule has 158 valence electrons. The zero-order valence-corrected chi connectivity index (χ0v) is 21.1. The van der Waals surface area contributed by atoms with Crippen LogP contribution in [0.4, 0.5) is 5.69 Å². The Labute approximate surface area is 196 Å². The lowest BCUT2D eigenvalue weighted by Crippen LogP contribution is -2.19. The second-order valence-electron chi connectivity index (χ2n) is 9.43. The van der Waals surface area contributed by atoms with Crippen molar-refractivity contribution in [1.82, 2.24) is 5.32 Å². The number of amidine groups is 1. The molecule has 0 saturated carbocycles. The van der Waals surface area contributed by atoms with E-state index in [-0.39, 0.29) is 16.7 Å². The van der Waals surface area contributed by atoms with E-state index in [1.54, 1.807) is 0 Å². The van der Waals surface area contributed by atoms with Crippen molar-refractivity contribution in [2.45, 2.75) is 52.4 Å². The predicted octanol–water partition coefficient (Wildman–Crippen LogP) is 6.48. The number of phenols is 1. The van der Waals surface area contributed by atoms with Crippen molar-refractivity contribution in [3.63, 3.8) is 0 Å². The van der Waals surface area contributed by atoms with Crippen molar-refractivity contribution in [1.29, 1.82) is 0 Å². The van der Waals surface area contributed by atoms with E-state index < -0.39 is 0 Å². The third kappa shape index (κ3) is 5.27. The zero-order valence-electron chi connectivity index (χ0n) is 18.1. The first-order valence-corrected chi connectivity index (χ1v) is 11.7. The van der Waals surface area contributed by atoms with Crippen molar-refractivity contribution in [2.24, 2.45) is 4.99 Å². The maximum absolute atomic E-state index is 12.5. The summed E-state index contributed by atoms with van der Waals surface area (Å²) in [6, 6.07) is 11.8. The maximum atomic E-state index is 12.5. The summed E-state index contributed by atoms with van der Waals surface area (Å²) in [4.78, 5) is 17.7. The van der Waals surface area contributed by atoms with Crippen molar-refractivity contribution in [2.75, 3.05) is 0 Å². The normalized spacial score (nSPS) is 17.6. The topological polar surface area (TPSA) is 61.7 Å². The molecule has 2 N–H and O–H groups in total. The van der Waals surface area contributed by atoms with E-state index in [9.17, 15) is 9.90 Å². The molecule has 1 aliphatic heterocycles. The van der Waals surface area contributed by atoms with Crippen molar-refractivity contribution >= 4 is 57.2 Å². The minimum absolute atomic E-state index is 0.160. The van der Waals surface area contributed by atoms with Gasteiger partial charge in [0.15, 0.2) is 5.17 Å². The highest BCUT2D eigenvalue weighted by Gasteiger charge is 2.28. The lowest BCUT2D eigenvalue weighted by Gasteiger charge is -2.28. The van der Waals surface area contributed by atoms with Crippen LogP contribution in [0.1, 0.15) is 58.2 Å². The summed E-state index contributed by atoms with van der Waals surface area (Å²) in [5.41, 5.74) is 3.01. The first-order valence-electron chi connectivity index (χ1n) is 9.78.